The van der Waals surface area contributed by atoms with Crippen molar-refractivity contribution < 1.29 is 4.39 Å². The van der Waals surface area contributed by atoms with Crippen LogP contribution in [-0.2, 0) is 0 Å². The van der Waals surface area contributed by atoms with Crippen LogP contribution in [0.2, 0.25) is 5.02 Å². The maximum absolute atomic E-state index is 13.3. The molecular weight excluding hydrogens is 241 g/mol. The molecule has 1 atom stereocenters. The predicted molar refractivity (Wildman–Crippen MR) is 66.3 cm³/mol. The summed E-state index contributed by atoms with van der Waals surface area (Å²) < 4.78 is 13.3. The van der Waals surface area contributed by atoms with Crippen LogP contribution in [0.4, 0.5) is 4.39 Å². The summed E-state index contributed by atoms with van der Waals surface area (Å²) >= 11 is 5.62. The Hall–Kier alpha value is -1.60. The molecule has 1 rings (SSSR count). The summed E-state index contributed by atoms with van der Waals surface area (Å²) in [6.45, 7) is 3.63. The lowest BCUT2D eigenvalue weighted by atomic mass is 10.1. The second-order valence-electron chi connectivity index (χ2n) is 3.72. The van der Waals surface area contributed by atoms with Gasteiger partial charge < -0.3 is 4.90 Å². The SMILES string of the molecule is C/C(=N\C#N)N(C)C(C)c1ccc(Cl)c(F)c1. The van der Waals surface area contributed by atoms with Gasteiger partial charge in [-0.3, -0.25) is 0 Å². The van der Waals surface area contributed by atoms with E-state index in [0.717, 1.165) is 5.56 Å². The first-order valence-electron chi connectivity index (χ1n) is 5.08. The second-order valence-corrected chi connectivity index (χ2v) is 4.13. The van der Waals surface area contributed by atoms with Crippen LogP contribution in [0.25, 0.3) is 0 Å². The number of rotatable bonds is 2. The van der Waals surface area contributed by atoms with Crippen LogP contribution < -0.4 is 0 Å². The molecule has 0 spiro atoms. The summed E-state index contributed by atoms with van der Waals surface area (Å²) in [6, 6.07) is 4.58. The summed E-state index contributed by atoms with van der Waals surface area (Å²) in [5.41, 5.74) is 0.780. The van der Waals surface area contributed by atoms with Gasteiger partial charge in [0.1, 0.15) is 11.7 Å². The Morgan fingerprint density at radius 3 is 2.76 bits per heavy atom. The number of aliphatic imine (C=N–C) groups is 1. The molecule has 0 aromatic heterocycles. The minimum Gasteiger partial charge on any atom is -0.356 e. The zero-order valence-electron chi connectivity index (χ0n) is 9.91. The largest absolute Gasteiger partial charge is 0.356 e. The molecule has 0 N–H and O–H groups in total. The third-order valence-electron chi connectivity index (χ3n) is 2.73. The summed E-state index contributed by atoms with van der Waals surface area (Å²) in [6.07, 6.45) is 1.73. The van der Waals surface area contributed by atoms with Gasteiger partial charge in [-0.1, -0.05) is 17.7 Å². The van der Waals surface area contributed by atoms with Gasteiger partial charge in [0.15, 0.2) is 0 Å². The van der Waals surface area contributed by atoms with Crippen LogP contribution in [0.5, 0.6) is 0 Å². The fourth-order valence-corrected chi connectivity index (χ4v) is 1.54. The highest BCUT2D eigenvalue weighted by Gasteiger charge is 2.14. The minimum absolute atomic E-state index is 0.0844. The van der Waals surface area contributed by atoms with E-state index in [1.54, 1.807) is 31.1 Å². The molecule has 1 unspecified atom stereocenters. The molecule has 90 valence electrons. The van der Waals surface area contributed by atoms with E-state index in [9.17, 15) is 4.39 Å². The molecule has 0 amide bonds. The van der Waals surface area contributed by atoms with Gasteiger partial charge in [-0.2, -0.15) is 10.3 Å². The number of hydrogen-bond acceptors (Lipinski definition) is 2. The van der Waals surface area contributed by atoms with Crippen molar-refractivity contribution in [3.8, 4) is 6.19 Å². The zero-order valence-corrected chi connectivity index (χ0v) is 10.7. The van der Waals surface area contributed by atoms with Crippen molar-refractivity contribution in [3.63, 3.8) is 0 Å². The molecular formula is C12H13ClFN3. The maximum Gasteiger partial charge on any atom is 0.207 e. The van der Waals surface area contributed by atoms with E-state index in [1.807, 2.05) is 6.92 Å². The van der Waals surface area contributed by atoms with Gasteiger partial charge in [-0.25, -0.2) is 4.39 Å². The molecule has 0 radical (unpaired) electrons. The first-order valence-corrected chi connectivity index (χ1v) is 5.46. The standard InChI is InChI=1S/C12H13ClFN3/c1-8(17(3)9(2)16-7-15)10-4-5-11(13)12(14)6-10/h4-6,8H,1-3H3/b16-9+. The van der Waals surface area contributed by atoms with E-state index in [1.165, 1.54) is 12.1 Å². The zero-order chi connectivity index (χ0) is 13.0. The fourth-order valence-electron chi connectivity index (χ4n) is 1.43. The van der Waals surface area contributed by atoms with Crippen molar-refractivity contribution in [2.45, 2.75) is 19.9 Å². The number of halogens is 2. The molecule has 1 aromatic rings. The lowest BCUT2D eigenvalue weighted by molar-refractivity contribution is 0.399. The smallest absolute Gasteiger partial charge is 0.207 e. The minimum atomic E-state index is -0.445. The van der Waals surface area contributed by atoms with Gasteiger partial charge in [0.05, 0.1) is 11.1 Å². The molecule has 3 nitrogen and oxygen atoms in total. The number of hydrogen-bond donors (Lipinski definition) is 0. The summed E-state index contributed by atoms with van der Waals surface area (Å²) in [5, 5.41) is 8.58. The highest BCUT2D eigenvalue weighted by atomic mass is 35.5. The summed E-state index contributed by atoms with van der Waals surface area (Å²) in [4.78, 5) is 5.44. The predicted octanol–water partition coefficient (Wildman–Crippen LogP) is 3.37. The Kier molecular flexibility index (Phi) is 4.47. The number of amidine groups is 1. The van der Waals surface area contributed by atoms with E-state index in [4.69, 9.17) is 16.9 Å². The molecule has 0 saturated carbocycles. The number of nitriles is 1. The van der Waals surface area contributed by atoms with E-state index in [2.05, 4.69) is 4.99 Å². The molecule has 0 aliphatic carbocycles. The molecule has 0 aliphatic rings. The summed E-state index contributed by atoms with van der Waals surface area (Å²) in [7, 11) is 1.80. The molecule has 5 heteroatoms. The first-order chi connectivity index (χ1) is 7.97. The third kappa shape index (κ3) is 3.18. The van der Waals surface area contributed by atoms with Crippen LogP contribution in [0, 0.1) is 17.3 Å². The van der Waals surface area contributed by atoms with Gasteiger partial charge in [-0.15, -0.1) is 0 Å². The molecule has 1 aromatic carbocycles. The monoisotopic (exact) mass is 253 g/mol. The molecule has 0 heterocycles. The van der Waals surface area contributed by atoms with Crippen molar-refractivity contribution in [2.75, 3.05) is 7.05 Å². The van der Waals surface area contributed by atoms with Gasteiger partial charge >= 0.3 is 0 Å². The van der Waals surface area contributed by atoms with Crippen LogP contribution in [0.15, 0.2) is 23.2 Å². The average Bonchev–Trinajstić information content (AvgIpc) is 2.31. The Bertz CT molecular complexity index is 479. The average molecular weight is 254 g/mol. The topological polar surface area (TPSA) is 39.4 Å². The van der Waals surface area contributed by atoms with Crippen molar-refractivity contribution in [1.29, 1.82) is 5.26 Å². The molecule has 0 bridgehead atoms. The van der Waals surface area contributed by atoms with Gasteiger partial charge in [0.25, 0.3) is 0 Å². The Balaban J connectivity index is 2.97. The lowest BCUT2D eigenvalue weighted by Gasteiger charge is -2.26. The van der Waals surface area contributed by atoms with Crippen LogP contribution in [0.1, 0.15) is 25.5 Å². The normalized spacial score (nSPS) is 13.1. The van der Waals surface area contributed by atoms with Crippen molar-refractivity contribution in [3.05, 3.63) is 34.6 Å². The van der Waals surface area contributed by atoms with E-state index >= 15 is 0 Å². The van der Waals surface area contributed by atoms with Crippen LogP contribution in [-0.4, -0.2) is 17.8 Å². The Labute approximate surface area is 105 Å². The highest BCUT2D eigenvalue weighted by Crippen LogP contribution is 2.23. The quantitative estimate of drug-likeness (QED) is 0.461. The van der Waals surface area contributed by atoms with Gasteiger partial charge in [0.2, 0.25) is 6.19 Å². The highest BCUT2D eigenvalue weighted by molar-refractivity contribution is 6.30. The molecule has 0 fully saturated rings. The lowest BCUT2D eigenvalue weighted by Crippen LogP contribution is -2.27. The molecule has 17 heavy (non-hydrogen) atoms. The van der Waals surface area contributed by atoms with Gasteiger partial charge in [0, 0.05) is 7.05 Å². The fraction of sp³-hybridized carbons (Fsp3) is 0.333. The number of benzene rings is 1. The Morgan fingerprint density at radius 1 is 1.59 bits per heavy atom. The van der Waals surface area contributed by atoms with Gasteiger partial charge in [-0.05, 0) is 31.5 Å². The molecule has 0 saturated heterocycles. The van der Waals surface area contributed by atoms with Crippen molar-refractivity contribution in [2.24, 2.45) is 4.99 Å². The van der Waals surface area contributed by atoms with Crippen LogP contribution in [0.3, 0.4) is 0 Å². The van der Waals surface area contributed by atoms with E-state index in [-0.39, 0.29) is 11.1 Å². The third-order valence-corrected chi connectivity index (χ3v) is 3.04. The van der Waals surface area contributed by atoms with Crippen molar-refractivity contribution in [1.82, 2.24) is 4.90 Å². The van der Waals surface area contributed by atoms with Crippen molar-refractivity contribution >= 4 is 17.4 Å². The maximum atomic E-state index is 13.3. The number of nitrogens with zero attached hydrogens (tertiary/aromatic N) is 3. The van der Waals surface area contributed by atoms with Crippen LogP contribution >= 0.6 is 11.6 Å². The molecule has 0 aliphatic heterocycles. The summed E-state index contributed by atoms with van der Waals surface area (Å²) in [5.74, 6) is 0.134. The second kappa shape index (κ2) is 5.65. The van der Waals surface area contributed by atoms with E-state index < -0.39 is 5.82 Å². The van der Waals surface area contributed by atoms with E-state index in [0.29, 0.717) is 5.84 Å². The Morgan fingerprint density at radius 2 is 2.24 bits per heavy atom. The first kappa shape index (κ1) is 13.5.